The van der Waals surface area contributed by atoms with Gasteiger partial charge in [-0.3, -0.25) is 4.79 Å². The minimum absolute atomic E-state index is 0.205. The molecule has 0 aliphatic heterocycles. The molecule has 0 amide bonds. The zero-order valence-corrected chi connectivity index (χ0v) is 18.2. The first kappa shape index (κ1) is 23.0. The molecule has 0 fully saturated rings. The lowest BCUT2D eigenvalue weighted by Crippen LogP contribution is -2.23. The number of methoxy groups -OCH3 is 1. The molecule has 0 atom stereocenters. The minimum Gasteiger partial charge on any atom is -0.469 e. The SMILES string of the molecule is CC.CCC(CC)(CC)c1ccc(-c2ccc(CC(=O)OC)cc2)c(C)c1. The molecule has 148 valence electrons. The van der Waals surface area contributed by atoms with Gasteiger partial charge in [0.25, 0.3) is 0 Å². The maximum Gasteiger partial charge on any atom is 0.309 e. The number of ether oxygens (including phenoxy) is 1. The number of carbonyl (C=O) groups excluding carboxylic acids is 1. The molecule has 0 radical (unpaired) electrons. The number of benzene rings is 2. The number of hydrogen-bond donors (Lipinski definition) is 0. The molecule has 0 aliphatic carbocycles. The fourth-order valence-electron chi connectivity index (χ4n) is 3.72. The van der Waals surface area contributed by atoms with Crippen LogP contribution >= 0.6 is 0 Å². The van der Waals surface area contributed by atoms with E-state index in [0.717, 1.165) is 5.56 Å². The molecule has 2 heteroatoms. The lowest BCUT2D eigenvalue weighted by molar-refractivity contribution is -0.139. The Hall–Kier alpha value is -2.09. The van der Waals surface area contributed by atoms with Crippen molar-refractivity contribution in [1.82, 2.24) is 0 Å². The molecule has 27 heavy (non-hydrogen) atoms. The lowest BCUT2D eigenvalue weighted by Gasteiger charge is -2.32. The van der Waals surface area contributed by atoms with Gasteiger partial charge in [-0.05, 0) is 59.4 Å². The van der Waals surface area contributed by atoms with Gasteiger partial charge in [0.15, 0.2) is 0 Å². The predicted octanol–water partition coefficient (Wildman–Crippen LogP) is 6.87. The third-order valence-electron chi connectivity index (χ3n) is 5.71. The van der Waals surface area contributed by atoms with Gasteiger partial charge in [0.05, 0.1) is 13.5 Å². The monoisotopic (exact) mass is 368 g/mol. The third-order valence-corrected chi connectivity index (χ3v) is 5.71. The van der Waals surface area contributed by atoms with Crippen molar-refractivity contribution in [3.8, 4) is 11.1 Å². The average molecular weight is 369 g/mol. The summed E-state index contributed by atoms with van der Waals surface area (Å²) in [5.41, 5.74) is 6.46. The molecule has 0 N–H and O–H groups in total. The highest BCUT2D eigenvalue weighted by Crippen LogP contribution is 2.37. The van der Waals surface area contributed by atoms with Gasteiger partial charge in [0.2, 0.25) is 0 Å². The zero-order valence-electron chi connectivity index (χ0n) is 18.2. The van der Waals surface area contributed by atoms with Gasteiger partial charge in [0, 0.05) is 0 Å². The highest BCUT2D eigenvalue weighted by Gasteiger charge is 2.26. The summed E-state index contributed by atoms with van der Waals surface area (Å²) in [5, 5.41) is 0. The fraction of sp³-hybridized carbons (Fsp3) is 0.480. The summed E-state index contributed by atoms with van der Waals surface area (Å²) < 4.78 is 4.73. The molecule has 2 nitrogen and oxygen atoms in total. The number of aryl methyl sites for hydroxylation is 1. The van der Waals surface area contributed by atoms with Crippen LogP contribution in [0, 0.1) is 6.92 Å². The molecule has 0 heterocycles. The van der Waals surface area contributed by atoms with E-state index >= 15 is 0 Å². The second-order valence-corrected chi connectivity index (χ2v) is 6.82. The molecule has 0 saturated heterocycles. The number of hydrogen-bond acceptors (Lipinski definition) is 2. The van der Waals surface area contributed by atoms with Gasteiger partial charge in [-0.15, -0.1) is 0 Å². The van der Waals surface area contributed by atoms with E-state index in [1.165, 1.54) is 48.6 Å². The van der Waals surface area contributed by atoms with Crippen LogP contribution in [-0.4, -0.2) is 13.1 Å². The van der Waals surface area contributed by atoms with E-state index in [1.54, 1.807) is 0 Å². The first-order valence-corrected chi connectivity index (χ1v) is 10.3. The number of rotatable bonds is 7. The van der Waals surface area contributed by atoms with Crippen LogP contribution in [0.3, 0.4) is 0 Å². The maximum atomic E-state index is 11.4. The topological polar surface area (TPSA) is 26.3 Å². The van der Waals surface area contributed by atoms with Crippen molar-refractivity contribution in [1.29, 1.82) is 0 Å². The Bertz CT molecular complexity index is 701. The van der Waals surface area contributed by atoms with Crippen LogP contribution in [0.25, 0.3) is 11.1 Å². The van der Waals surface area contributed by atoms with Gasteiger partial charge in [-0.2, -0.15) is 0 Å². The first-order valence-electron chi connectivity index (χ1n) is 10.3. The highest BCUT2D eigenvalue weighted by atomic mass is 16.5. The van der Waals surface area contributed by atoms with Crippen LogP contribution in [0.4, 0.5) is 0 Å². The summed E-state index contributed by atoms with van der Waals surface area (Å²) in [6.07, 6.45) is 3.82. The second-order valence-electron chi connectivity index (χ2n) is 6.82. The first-order chi connectivity index (χ1) is 13.0. The van der Waals surface area contributed by atoms with Crippen molar-refractivity contribution in [3.05, 3.63) is 59.2 Å². The van der Waals surface area contributed by atoms with Crippen molar-refractivity contribution in [2.24, 2.45) is 0 Å². The van der Waals surface area contributed by atoms with Gasteiger partial charge >= 0.3 is 5.97 Å². The van der Waals surface area contributed by atoms with Crippen molar-refractivity contribution in [3.63, 3.8) is 0 Å². The minimum atomic E-state index is -0.205. The van der Waals surface area contributed by atoms with E-state index in [9.17, 15) is 4.79 Å². The van der Waals surface area contributed by atoms with E-state index < -0.39 is 0 Å². The second kappa shape index (κ2) is 10.9. The molecule has 2 aromatic carbocycles. The molecule has 0 unspecified atom stereocenters. The molecule has 0 spiro atoms. The summed E-state index contributed by atoms with van der Waals surface area (Å²) in [6.45, 7) is 13.1. The van der Waals surface area contributed by atoms with E-state index in [2.05, 4.69) is 58.0 Å². The van der Waals surface area contributed by atoms with E-state index in [4.69, 9.17) is 4.74 Å². The van der Waals surface area contributed by atoms with Crippen molar-refractivity contribution < 1.29 is 9.53 Å². The molecule has 0 bridgehead atoms. The van der Waals surface area contributed by atoms with Gasteiger partial charge in [-0.25, -0.2) is 0 Å². The van der Waals surface area contributed by atoms with Crippen molar-refractivity contribution >= 4 is 5.97 Å². The Morgan fingerprint density at radius 1 is 0.926 bits per heavy atom. The highest BCUT2D eigenvalue weighted by molar-refractivity contribution is 5.73. The van der Waals surface area contributed by atoms with Crippen molar-refractivity contribution in [2.75, 3.05) is 7.11 Å². The zero-order chi connectivity index (χ0) is 20.4. The Morgan fingerprint density at radius 2 is 1.48 bits per heavy atom. The fourth-order valence-corrected chi connectivity index (χ4v) is 3.72. The molecule has 2 rings (SSSR count). The van der Waals surface area contributed by atoms with E-state index in [0.29, 0.717) is 6.42 Å². The summed E-state index contributed by atoms with van der Waals surface area (Å²) in [4.78, 5) is 11.4. The molecular formula is C25H36O2. The predicted molar refractivity (Wildman–Crippen MR) is 116 cm³/mol. The summed E-state index contributed by atoms with van der Waals surface area (Å²) in [6, 6.07) is 15.1. The Balaban J connectivity index is 0.00000176. The van der Waals surface area contributed by atoms with Crippen LogP contribution in [-0.2, 0) is 21.4 Å². The van der Waals surface area contributed by atoms with E-state index in [-0.39, 0.29) is 11.4 Å². The molecule has 0 aromatic heterocycles. The largest absolute Gasteiger partial charge is 0.469 e. The quantitative estimate of drug-likeness (QED) is 0.498. The lowest BCUT2D eigenvalue weighted by atomic mass is 9.73. The molecule has 0 aliphatic rings. The third kappa shape index (κ3) is 5.45. The van der Waals surface area contributed by atoms with Crippen LogP contribution in [0.5, 0.6) is 0 Å². The van der Waals surface area contributed by atoms with Crippen LogP contribution < -0.4 is 0 Å². The Kier molecular flexibility index (Phi) is 9.28. The average Bonchev–Trinajstić information content (AvgIpc) is 2.72. The van der Waals surface area contributed by atoms with Crippen LogP contribution in [0.15, 0.2) is 42.5 Å². The van der Waals surface area contributed by atoms with Crippen LogP contribution in [0.1, 0.15) is 70.6 Å². The summed E-state index contributed by atoms with van der Waals surface area (Å²) in [5.74, 6) is -0.205. The molecule has 2 aromatic rings. The van der Waals surface area contributed by atoms with Gasteiger partial charge < -0.3 is 4.74 Å². The summed E-state index contributed by atoms with van der Waals surface area (Å²) >= 11 is 0. The molecular weight excluding hydrogens is 332 g/mol. The normalized spacial score (nSPS) is 10.8. The van der Waals surface area contributed by atoms with E-state index in [1.807, 2.05) is 26.0 Å². The number of carbonyl (C=O) groups is 1. The summed E-state index contributed by atoms with van der Waals surface area (Å²) in [7, 11) is 1.42. The Labute approximate surface area is 166 Å². The Morgan fingerprint density at radius 3 is 1.93 bits per heavy atom. The van der Waals surface area contributed by atoms with Gasteiger partial charge in [0.1, 0.15) is 0 Å². The standard InChI is InChI=1S/C23H30O2.C2H6/c1-6-23(7-2,8-3)20-13-14-21(17(4)15-20)19-11-9-18(10-12-19)16-22(24)25-5;1-2/h9-15H,6-8,16H2,1-5H3;1-2H3. The van der Waals surface area contributed by atoms with Crippen LogP contribution in [0.2, 0.25) is 0 Å². The molecule has 0 saturated carbocycles. The van der Waals surface area contributed by atoms with Gasteiger partial charge in [-0.1, -0.05) is 77.1 Å². The maximum absolute atomic E-state index is 11.4. The smallest absolute Gasteiger partial charge is 0.309 e. The number of esters is 1. The van der Waals surface area contributed by atoms with Crippen molar-refractivity contribution in [2.45, 2.75) is 72.6 Å².